The van der Waals surface area contributed by atoms with E-state index >= 15 is 0 Å². The first-order valence-corrected chi connectivity index (χ1v) is 8.19. The first-order valence-electron chi connectivity index (χ1n) is 7.40. The third-order valence-electron chi connectivity index (χ3n) is 4.28. The minimum atomic E-state index is -0.315. The highest BCUT2D eigenvalue weighted by Gasteiger charge is 2.18. The number of rotatable bonds is 5. The molecule has 20 heavy (non-hydrogen) atoms. The van der Waals surface area contributed by atoms with Crippen LogP contribution in [0.15, 0.2) is 16.6 Å². The minimum absolute atomic E-state index is 0.0937. The molecular formula is C16H23BrFNO. The molecule has 4 heteroatoms. The van der Waals surface area contributed by atoms with Gasteiger partial charge >= 0.3 is 0 Å². The first-order chi connectivity index (χ1) is 9.61. The Hall–Kier alpha value is -0.610. The Morgan fingerprint density at radius 1 is 1.35 bits per heavy atom. The molecule has 0 aromatic heterocycles. The van der Waals surface area contributed by atoms with E-state index in [0.717, 1.165) is 24.3 Å². The second kappa shape index (κ2) is 7.41. The number of halogens is 2. The zero-order valence-corrected chi connectivity index (χ0v) is 13.6. The van der Waals surface area contributed by atoms with Gasteiger partial charge in [-0.15, -0.1) is 0 Å². The monoisotopic (exact) mass is 343 g/mol. The topological polar surface area (TPSA) is 35.2 Å². The number of hydrogen-bond acceptors (Lipinski definition) is 2. The molecule has 1 unspecified atom stereocenters. The second-order valence-electron chi connectivity index (χ2n) is 5.70. The van der Waals surface area contributed by atoms with Crippen molar-refractivity contribution in [3.63, 3.8) is 0 Å². The van der Waals surface area contributed by atoms with Crippen molar-refractivity contribution in [2.24, 2.45) is 11.7 Å². The van der Waals surface area contributed by atoms with E-state index in [1.165, 1.54) is 38.2 Å². The Morgan fingerprint density at radius 3 is 2.70 bits per heavy atom. The maximum Gasteiger partial charge on any atom is 0.141 e. The molecular weight excluding hydrogens is 321 g/mol. The predicted molar refractivity (Wildman–Crippen MR) is 83.4 cm³/mol. The van der Waals surface area contributed by atoms with Crippen LogP contribution in [0.4, 0.5) is 4.39 Å². The summed E-state index contributed by atoms with van der Waals surface area (Å²) in [5.41, 5.74) is 7.17. The number of ether oxygens (including phenoxy) is 1. The molecule has 0 aliphatic heterocycles. The molecule has 0 saturated heterocycles. The van der Waals surface area contributed by atoms with Gasteiger partial charge in [0.2, 0.25) is 0 Å². The molecule has 1 atom stereocenters. The summed E-state index contributed by atoms with van der Waals surface area (Å²) in [6, 6.07) is 3.06. The summed E-state index contributed by atoms with van der Waals surface area (Å²) < 4.78 is 19.2. The van der Waals surface area contributed by atoms with Crippen molar-refractivity contribution >= 4 is 15.9 Å². The fourth-order valence-electron chi connectivity index (χ4n) is 3.06. The third kappa shape index (κ3) is 3.95. The van der Waals surface area contributed by atoms with Crippen LogP contribution < -0.4 is 10.5 Å². The molecule has 1 aromatic carbocycles. The second-order valence-corrected chi connectivity index (χ2v) is 6.55. The van der Waals surface area contributed by atoms with Crippen LogP contribution in [0.25, 0.3) is 0 Å². The van der Waals surface area contributed by atoms with Gasteiger partial charge in [-0.1, -0.05) is 32.1 Å². The van der Waals surface area contributed by atoms with Crippen LogP contribution in [0, 0.1) is 11.7 Å². The summed E-state index contributed by atoms with van der Waals surface area (Å²) in [6.07, 6.45) is 8.82. The summed E-state index contributed by atoms with van der Waals surface area (Å²) in [4.78, 5) is 0. The van der Waals surface area contributed by atoms with E-state index in [2.05, 4.69) is 15.9 Å². The largest absolute Gasteiger partial charge is 0.496 e. The van der Waals surface area contributed by atoms with Gasteiger partial charge in [0.25, 0.3) is 0 Å². The molecule has 1 fully saturated rings. The van der Waals surface area contributed by atoms with Crippen LogP contribution in [0.1, 0.15) is 56.6 Å². The third-order valence-corrected chi connectivity index (χ3v) is 4.89. The number of methoxy groups -OCH3 is 1. The zero-order valence-electron chi connectivity index (χ0n) is 12.0. The van der Waals surface area contributed by atoms with Crippen molar-refractivity contribution < 1.29 is 9.13 Å². The van der Waals surface area contributed by atoms with Gasteiger partial charge in [-0.2, -0.15) is 0 Å². The van der Waals surface area contributed by atoms with Crippen LogP contribution in [0.5, 0.6) is 5.75 Å². The molecule has 1 aromatic rings. The molecule has 0 amide bonds. The first kappa shape index (κ1) is 15.8. The lowest BCUT2D eigenvalue weighted by molar-refractivity contribution is 0.322. The van der Waals surface area contributed by atoms with E-state index < -0.39 is 0 Å². The summed E-state index contributed by atoms with van der Waals surface area (Å²) in [5.74, 6) is 1.04. The molecule has 2 nitrogen and oxygen atoms in total. The van der Waals surface area contributed by atoms with Crippen LogP contribution in [0.3, 0.4) is 0 Å². The van der Waals surface area contributed by atoms with Gasteiger partial charge in [0.05, 0.1) is 11.6 Å². The number of nitrogens with two attached hydrogens (primary N) is 1. The molecule has 112 valence electrons. The molecule has 0 spiro atoms. The van der Waals surface area contributed by atoms with E-state index in [1.807, 2.05) is 0 Å². The number of benzene rings is 1. The molecule has 2 rings (SSSR count). The van der Waals surface area contributed by atoms with Gasteiger partial charge < -0.3 is 10.5 Å². The Bertz CT molecular complexity index is 446. The standard InChI is InChI=1S/C16H23BrFNO/c1-20-16-10-14(18)13(17)9-12(16)15(19)8-7-11-5-3-2-4-6-11/h9-11,15H,2-8,19H2,1H3. The molecule has 0 bridgehead atoms. The molecule has 0 radical (unpaired) electrons. The van der Waals surface area contributed by atoms with Crippen molar-refractivity contribution in [1.29, 1.82) is 0 Å². The van der Waals surface area contributed by atoms with Crippen molar-refractivity contribution in [3.05, 3.63) is 28.0 Å². The van der Waals surface area contributed by atoms with Crippen LogP contribution >= 0.6 is 15.9 Å². The average Bonchev–Trinajstić information content (AvgIpc) is 2.48. The summed E-state index contributed by atoms with van der Waals surface area (Å²) >= 11 is 3.22. The van der Waals surface area contributed by atoms with Crippen molar-refractivity contribution in [3.8, 4) is 5.75 Å². The van der Waals surface area contributed by atoms with Crippen molar-refractivity contribution in [2.75, 3.05) is 7.11 Å². The lowest BCUT2D eigenvalue weighted by atomic mass is 9.84. The predicted octanol–water partition coefficient (Wildman–Crippen LogP) is 4.96. The lowest BCUT2D eigenvalue weighted by Crippen LogP contribution is -2.15. The van der Waals surface area contributed by atoms with Crippen LogP contribution in [-0.4, -0.2) is 7.11 Å². The van der Waals surface area contributed by atoms with Gasteiger partial charge in [-0.05, 0) is 40.8 Å². The quantitative estimate of drug-likeness (QED) is 0.820. The lowest BCUT2D eigenvalue weighted by Gasteiger charge is -2.23. The van der Waals surface area contributed by atoms with Crippen molar-refractivity contribution in [1.82, 2.24) is 0 Å². The van der Waals surface area contributed by atoms with E-state index in [1.54, 1.807) is 13.2 Å². The highest BCUT2D eigenvalue weighted by Crippen LogP contribution is 2.34. The highest BCUT2D eigenvalue weighted by molar-refractivity contribution is 9.10. The van der Waals surface area contributed by atoms with Gasteiger partial charge in [0.1, 0.15) is 11.6 Å². The Balaban J connectivity index is 2.00. The maximum atomic E-state index is 13.5. The fourth-order valence-corrected chi connectivity index (χ4v) is 3.42. The van der Waals surface area contributed by atoms with Gasteiger partial charge in [0.15, 0.2) is 0 Å². The smallest absolute Gasteiger partial charge is 0.141 e. The number of hydrogen-bond donors (Lipinski definition) is 1. The highest BCUT2D eigenvalue weighted by atomic mass is 79.9. The van der Waals surface area contributed by atoms with E-state index in [-0.39, 0.29) is 11.9 Å². The normalized spacial score (nSPS) is 18.0. The maximum absolute atomic E-state index is 13.5. The van der Waals surface area contributed by atoms with Crippen LogP contribution in [0.2, 0.25) is 0 Å². The summed E-state index contributed by atoms with van der Waals surface area (Å²) in [5, 5.41) is 0. The Kier molecular flexibility index (Phi) is 5.85. The fraction of sp³-hybridized carbons (Fsp3) is 0.625. The molecule has 2 N–H and O–H groups in total. The van der Waals surface area contributed by atoms with Gasteiger partial charge in [-0.3, -0.25) is 0 Å². The molecule has 0 heterocycles. The summed E-state index contributed by atoms with van der Waals surface area (Å²) in [7, 11) is 1.56. The minimum Gasteiger partial charge on any atom is -0.496 e. The molecule has 1 saturated carbocycles. The summed E-state index contributed by atoms with van der Waals surface area (Å²) in [6.45, 7) is 0. The zero-order chi connectivity index (χ0) is 14.5. The van der Waals surface area contributed by atoms with Gasteiger partial charge in [-0.25, -0.2) is 4.39 Å². The SMILES string of the molecule is COc1cc(F)c(Br)cc1C(N)CCC1CCCCC1. The van der Waals surface area contributed by atoms with E-state index in [9.17, 15) is 4.39 Å². The van der Waals surface area contributed by atoms with Crippen LogP contribution in [-0.2, 0) is 0 Å². The molecule has 1 aliphatic carbocycles. The van der Waals surface area contributed by atoms with Crippen molar-refractivity contribution in [2.45, 2.75) is 51.0 Å². The Morgan fingerprint density at radius 2 is 2.05 bits per heavy atom. The van der Waals surface area contributed by atoms with E-state index in [0.29, 0.717) is 10.2 Å². The Labute approximate surface area is 129 Å². The van der Waals surface area contributed by atoms with Gasteiger partial charge in [0, 0.05) is 17.7 Å². The molecule has 1 aliphatic rings. The van der Waals surface area contributed by atoms with E-state index in [4.69, 9.17) is 10.5 Å². The average molecular weight is 344 g/mol.